The quantitative estimate of drug-likeness (QED) is 0.587. The Balaban J connectivity index is 1.95. The second-order valence-corrected chi connectivity index (χ2v) is 7.85. The van der Waals surface area contributed by atoms with E-state index in [1.807, 2.05) is 0 Å². The van der Waals surface area contributed by atoms with Crippen LogP contribution in [0, 0.1) is 0 Å². The van der Waals surface area contributed by atoms with Gasteiger partial charge in [-0.15, -0.1) is 13.2 Å². The predicted octanol–water partition coefficient (Wildman–Crippen LogP) is 3.86. The highest BCUT2D eigenvalue weighted by Gasteiger charge is 2.64. The maximum atomic E-state index is 14.0. The van der Waals surface area contributed by atoms with E-state index in [0.29, 0.717) is 16.3 Å². The van der Waals surface area contributed by atoms with Crippen LogP contribution in [0.5, 0.6) is 0 Å². The number of rotatable bonds is 4. The smallest absolute Gasteiger partial charge is 0.291 e. The molecular formula is C24H17ClN2O4. The molecule has 3 aromatic rings. The molecule has 0 bridgehead atoms. The van der Waals surface area contributed by atoms with Gasteiger partial charge in [0.05, 0.1) is 16.6 Å². The molecule has 0 radical (unpaired) electrons. The third kappa shape index (κ3) is 2.31. The van der Waals surface area contributed by atoms with Crippen LogP contribution in [0.2, 0.25) is 5.02 Å². The van der Waals surface area contributed by atoms with E-state index in [-0.39, 0.29) is 35.4 Å². The van der Waals surface area contributed by atoms with Crippen LogP contribution in [0.3, 0.4) is 0 Å². The Bertz CT molecular complexity index is 1380. The second-order valence-electron chi connectivity index (χ2n) is 7.41. The van der Waals surface area contributed by atoms with E-state index in [1.54, 1.807) is 42.5 Å². The lowest BCUT2D eigenvalue weighted by molar-refractivity contribution is -0.125. The molecule has 3 heterocycles. The third-order valence-corrected chi connectivity index (χ3v) is 6.06. The Hall–Kier alpha value is -3.64. The zero-order valence-corrected chi connectivity index (χ0v) is 17.2. The number of hydrogen-bond donors (Lipinski definition) is 0. The number of halogens is 1. The Morgan fingerprint density at radius 3 is 2.52 bits per heavy atom. The van der Waals surface area contributed by atoms with Crippen LogP contribution in [0.15, 0.2) is 77.0 Å². The van der Waals surface area contributed by atoms with Crippen LogP contribution in [0.1, 0.15) is 21.7 Å². The summed E-state index contributed by atoms with van der Waals surface area (Å²) in [5.41, 5.74) is -0.687. The van der Waals surface area contributed by atoms with Crippen LogP contribution in [0.4, 0.5) is 5.69 Å². The summed E-state index contributed by atoms with van der Waals surface area (Å²) in [6.07, 6.45) is 3.13. The van der Waals surface area contributed by atoms with E-state index in [9.17, 15) is 14.4 Å². The van der Waals surface area contributed by atoms with Crippen LogP contribution < -0.4 is 10.3 Å². The second kappa shape index (κ2) is 6.68. The van der Waals surface area contributed by atoms with Gasteiger partial charge in [-0.3, -0.25) is 14.4 Å². The van der Waals surface area contributed by atoms with E-state index in [4.69, 9.17) is 16.0 Å². The van der Waals surface area contributed by atoms with Gasteiger partial charge >= 0.3 is 0 Å². The van der Waals surface area contributed by atoms with Crippen molar-refractivity contribution in [2.24, 2.45) is 0 Å². The number of benzene rings is 2. The fourth-order valence-corrected chi connectivity index (χ4v) is 4.83. The molecule has 6 nitrogen and oxygen atoms in total. The van der Waals surface area contributed by atoms with Crippen molar-refractivity contribution in [3.63, 3.8) is 0 Å². The van der Waals surface area contributed by atoms with E-state index in [2.05, 4.69) is 13.2 Å². The summed E-state index contributed by atoms with van der Waals surface area (Å²) in [4.78, 5) is 44.1. The van der Waals surface area contributed by atoms with Crippen molar-refractivity contribution >= 4 is 40.1 Å². The summed E-state index contributed by atoms with van der Waals surface area (Å²) in [7, 11) is 0. The number of carbonyl (C=O) groups excluding carboxylic acids is 2. The number of para-hydroxylation sites is 1. The Morgan fingerprint density at radius 1 is 1.03 bits per heavy atom. The van der Waals surface area contributed by atoms with Crippen LogP contribution in [-0.4, -0.2) is 29.8 Å². The maximum Gasteiger partial charge on any atom is 0.291 e. The molecule has 2 aliphatic heterocycles. The Morgan fingerprint density at radius 2 is 1.77 bits per heavy atom. The molecule has 0 saturated carbocycles. The average Bonchev–Trinajstić information content (AvgIpc) is 3.15. The third-order valence-electron chi connectivity index (χ3n) is 5.82. The van der Waals surface area contributed by atoms with Crippen LogP contribution in [-0.2, 0) is 10.3 Å². The van der Waals surface area contributed by atoms with Gasteiger partial charge in [0.25, 0.3) is 11.8 Å². The van der Waals surface area contributed by atoms with Crippen molar-refractivity contribution in [2.75, 3.05) is 18.0 Å². The maximum absolute atomic E-state index is 14.0. The van der Waals surface area contributed by atoms with Crippen molar-refractivity contribution in [3.05, 3.63) is 99.9 Å². The summed E-state index contributed by atoms with van der Waals surface area (Å²) < 4.78 is 5.90. The summed E-state index contributed by atoms with van der Waals surface area (Å²) >= 11 is 6.12. The first-order valence-corrected chi connectivity index (χ1v) is 10.1. The van der Waals surface area contributed by atoms with Gasteiger partial charge in [0.2, 0.25) is 5.76 Å². The molecule has 1 atom stereocenters. The number of anilines is 1. The number of amides is 2. The van der Waals surface area contributed by atoms with Crippen molar-refractivity contribution < 1.29 is 14.0 Å². The van der Waals surface area contributed by atoms with Gasteiger partial charge in [-0.05, 0) is 24.3 Å². The van der Waals surface area contributed by atoms with Crippen LogP contribution >= 0.6 is 11.6 Å². The average molecular weight is 433 g/mol. The van der Waals surface area contributed by atoms with E-state index >= 15 is 0 Å². The standard InChI is InChI=1S/C24H17ClN2O4/c1-3-11-26-17-8-6-5-7-16(17)24(23(26)30)19-20(28)15-13-14(25)9-10-18(15)31-21(19)22(29)27(24)12-4-2/h3-10,13H,1-2,11-12H2. The molecule has 2 aromatic carbocycles. The molecule has 2 amide bonds. The Kier molecular flexibility index (Phi) is 4.17. The molecule has 5 rings (SSSR count). The van der Waals surface area contributed by atoms with Crippen molar-refractivity contribution in [1.82, 2.24) is 4.90 Å². The highest BCUT2D eigenvalue weighted by atomic mass is 35.5. The summed E-state index contributed by atoms with van der Waals surface area (Å²) in [5.74, 6) is -1.08. The minimum Gasteiger partial charge on any atom is -0.450 e. The first kappa shape index (κ1) is 19.3. The van der Waals surface area contributed by atoms with Gasteiger partial charge < -0.3 is 14.2 Å². The number of nitrogens with zero attached hydrogens (tertiary/aromatic N) is 2. The van der Waals surface area contributed by atoms with Crippen molar-refractivity contribution in [2.45, 2.75) is 5.54 Å². The topological polar surface area (TPSA) is 70.8 Å². The van der Waals surface area contributed by atoms with Crippen molar-refractivity contribution in [1.29, 1.82) is 0 Å². The highest BCUT2D eigenvalue weighted by molar-refractivity contribution is 6.31. The lowest BCUT2D eigenvalue weighted by atomic mass is 9.84. The molecule has 0 N–H and O–H groups in total. The largest absolute Gasteiger partial charge is 0.450 e. The minimum absolute atomic E-state index is 0.0122. The molecule has 1 aromatic heterocycles. The molecule has 31 heavy (non-hydrogen) atoms. The number of hydrogen-bond acceptors (Lipinski definition) is 4. The lowest BCUT2D eigenvalue weighted by Gasteiger charge is -2.33. The molecule has 154 valence electrons. The summed E-state index contributed by atoms with van der Waals surface area (Å²) in [6, 6.07) is 11.8. The summed E-state index contributed by atoms with van der Waals surface area (Å²) in [5, 5.41) is 0.568. The highest BCUT2D eigenvalue weighted by Crippen LogP contribution is 2.52. The zero-order chi connectivity index (χ0) is 21.9. The minimum atomic E-state index is -1.64. The number of carbonyl (C=O) groups is 2. The Labute approximate surface area is 182 Å². The molecule has 1 spiro atoms. The van der Waals surface area contributed by atoms with Gasteiger partial charge in [-0.1, -0.05) is 42.0 Å². The van der Waals surface area contributed by atoms with E-state index in [1.165, 1.54) is 21.9 Å². The summed E-state index contributed by atoms with van der Waals surface area (Å²) in [6.45, 7) is 7.77. The molecule has 1 unspecified atom stereocenters. The molecular weight excluding hydrogens is 416 g/mol. The monoisotopic (exact) mass is 432 g/mol. The molecule has 0 aliphatic carbocycles. The van der Waals surface area contributed by atoms with Gasteiger partial charge in [0.15, 0.2) is 11.0 Å². The lowest BCUT2D eigenvalue weighted by Crippen LogP contribution is -2.53. The van der Waals surface area contributed by atoms with Gasteiger partial charge in [0, 0.05) is 23.7 Å². The van der Waals surface area contributed by atoms with Gasteiger partial charge in [-0.2, -0.15) is 0 Å². The van der Waals surface area contributed by atoms with Crippen molar-refractivity contribution in [3.8, 4) is 0 Å². The fraction of sp³-hybridized carbons (Fsp3) is 0.125. The first-order chi connectivity index (χ1) is 15.0. The van der Waals surface area contributed by atoms with Crippen LogP contribution in [0.25, 0.3) is 11.0 Å². The van der Waals surface area contributed by atoms with Gasteiger partial charge in [-0.25, -0.2) is 0 Å². The number of fused-ring (bicyclic) bond motifs is 5. The van der Waals surface area contributed by atoms with E-state index in [0.717, 1.165) is 0 Å². The molecule has 2 aliphatic rings. The SMILES string of the molecule is C=CCN1C(=O)C2(c3ccccc31)c1c(oc3ccc(Cl)cc3c1=O)C(=O)N2CC=C. The first-order valence-electron chi connectivity index (χ1n) is 9.68. The normalized spacial score (nSPS) is 19.3. The zero-order valence-electron chi connectivity index (χ0n) is 16.4. The molecule has 7 heteroatoms. The fourth-order valence-electron chi connectivity index (χ4n) is 4.65. The van der Waals surface area contributed by atoms with Gasteiger partial charge in [0.1, 0.15) is 5.58 Å². The molecule has 0 saturated heterocycles. The van der Waals surface area contributed by atoms with E-state index < -0.39 is 22.8 Å². The predicted molar refractivity (Wildman–Crippen MR) is 118 cm³/mol. The molecule has 0 fully saturated rings.